The number of hydrogen-bond acceptors (Lipinski definition) is 3. The van der Waals surface area contributed by atoms with Gasteiger partial charge in [0.25, 0.3) is 0 Å². The molecule has 0 spiro atoms. The van der Waals surface area contributed by atoms with Crippen molar-refractivity contribution in [2.45, 2.75) is 19.4 Å². The molecule has 3 nitrogen and oxygen atoms in total. The second kappa shape index (κ2) is 6.19. The van der Waals surface area contributed by atoms with Crippen molar-refractivity contribution >= 4 is 29.2 Å². The molecule has 1 aromatic carbocycles. The maximum Gasteiger partial charge on any atom is 0.307 e. The lowest BCUT2D eigenvalue weighted by molar-refractivity contribution is -0.143. The van der Waals surface area contributed by atoms with Gasteiger partial charge in [-0.2, -0.15) is 0 Å². The zero-order valence-corrected chi connectivity index (χ0v) is 10.7. The first-order valence-electron chi connectivity index (χ1n) is 5.02. The topological polar surface area (TPSA) is 52.3 Å². The summed E-state index contributed by atoms with van der Waals surface area (Å²) >= 11 is 11.6. The van der Waals surface area contributed by atoms with E-state index in [1.54, 1.807) is 6.92 Å². The molecule has 0 aromatic heterocycles. The smallest absolute Gasteiger partial charge is 0.307 e. The predicted octanol–water partition coefficient (Wildman–Crippen LogP) is 3.09. The molecule has 0 fully saturated rings. The minimum absolute atomic E-state index is 0.0310. The summed E-state index contributed by atoms with van der Waals surface area (Å²) in [5.41, 5.74) is 5.75. The highest BCUT2D eigenvalue weighted by Crippen LogP contribution is 2.32. The third-order valence-electron chi connectivity index (χ3n) is 2.14. The number of halogens is 3. The molecule has 0 heterocycles. The minimum atomic E-state index is -0.875. The van der Waals surface area contributed by atoms with Crippen LogP contribution in [0, 0.1) is 5.82 Å². The Morgan fingerprint density at radius 2 is 2.18 bits per heavy atom. The Morgan fingerprint density at radius 1 is 1.53 bits per heavy atom. The van der Waals surface area contributed by atoms with Crippen molar-refractivity contribution in [2.24, 2.45) is 5.73 Å². The molecule has 1 aromatic rings. The van der Waals surface area contributed by atoms with Crippen molar-refractivity contribution < 1.29 is 13.9 Å². The average molecular weight is 280 g/mol. The van der Waals surface area contributed by atoms with Gasteiger partial charge in [-0.3, -0.25) is 4.79 Å². The van der Waals surface area contributed by atoms with Gasteiger partial charge in [-0.1, -0.05) is 23.2 Å². The lowest BCUT2D eigenvalue weighted by Crippen LogP contribution is -2.19. The van der Waals surface area contributed by atoms with Crippen LogP contribution in [-0.4, -0.2) is 12.6 Å². The molecule has 17 heavy (non-hydrogen) atoms. The van der Waals surface area contributed by atoms with E-state index in [1.807, 2.05) is 0 Å². The lowest BCUT2D eigenvalue weighted by Gasteiger charge is -2.14. The molecule has 0 bridgehead atoms. The van der Waals surface area contributed by atoms with Gasteiger partial charge < -0.3 is 10.5 Å². The summed E-state index contributed by atoms with van der Waals surface area (Å²) in [6, 6.07) is 1.62. The molecule has 0 amide bonds. The molecular formula is C11H12Cl2FNO2. The van der Waals surface area contributed by atoms with Crippen molar-refractivity contribution in [3.63, 3.8) is 0 Å². The van der Waals surface area contributed by atoms with Crippen LogP contribution in [0.3, 0.4) is 0 Å². The standard InChI is InChI=1S/C11H12Cl2FNO2/c1-2-17-9(16)5-8(15)10-7(14)4-3-6(12)11(10)13/h3-4,8H,2,5,15H2,1H3/t8-/m1/s1. The highest BCUT2D eigenvalue weighted by atomic mass is 35.5. The van der Waals surface area contributed by atoms with Crippen molar-refractivity contribution in [3.05, 3.63) is 33.6 Å². The van der Waals surface area contributed by atoms with E-state index in [-0.39, 0.29) is 28.6 Å². The number of hydrogen-bond donors (Lipinski definition) is 1. The molecule has 94 valence electrons. The van der Waals surface area contributed by atoms with Gasteiger partial charge in [-0.15, -0.1) is 0 Å². The number of ether oxygens (including phenoxy) is 1. The fourth-order valence-electron chi connectivity index (χ4n) is 1.38. The first kappa shape index (κ1) is 14.2. The highest BCUT2D eigenvalue weighted by molar-refractivity contribution is 6.42. The van der Waals surface area contributed by atoms with Crippen molar-refractivity contribution in [3.8, 4) is 0 Å². The normalized spacial score (nSPS) is 12.3. The lowest BCUT2D eigenvalue weighted by atomic mass is 10.0. The van der Waals surface area contributed by atoms with Gasteiger partial charge >= 0.3 is 5.97 Å². The van der Waals surface area contributed by atoms with E-state index in [0.717, 1.165) is 6.07 Å². The quantitative estimate of drug-likeness (QED) is 0.681. The average Bonchev–Trinajstić information content (AvgIpc) is 2.24. The first-order chi connectivity index (χ1) is 7.97. The summed E-state index contributed by atoms with van der Waals surface area (Å²) in [4.78, 5) is 11.2. The summed E-state index contributed by atoms with van der Waals surface area (Å²) in [7, 11) is 0. The van der Waals surface area contributed by atoms with E-state index < -0.39 is 17.8 Å². The summed E-state index contributed by atoms with van der Waals surface area (Å²) in [5, 5.41) is 0.228. The zero-order valence-electron chi connectivity index (χ0n) is 9.17. The third kappa shape index (κ3) is 3.56. The summed E-state index contributed by atoms with van der Waals surface area (Å²) in [5.74, 6) is -1.09. The minimum Gasteiger partial charge on any atom is -0.466 e. The van der Waals surface area contributed by atoms with Crippen LogP contribution >= 0.6 is 23.2 Å². The number of carbonyl (C=O) groups is 1. The van der Waals surface area contributed by atoms with Crippen molar-refractivity contribution in [1.29, 1.82) is 0 Å². The fraction of sp³-hybridized carbons (Fsp3) is 0.364. The molecule has 6 heteroatoms. The summed E-state index contributed by atoms with van der Waals surface area (Å²) in [6.07, 6.45) is -0.148. The Labute approximate surface area is 109 Å². The maximum absolute atomic E-state index is 13.5. The molecule has 0 saturated carbocycles. The molecular weight excluding hydrogens is 268 g/mol. The van der Waals surface area contributed by atoms with Gasteiger partial charge in [0.15, 0.2) is 0 Å². The van der Waals surface area contributed by atoms with Gasteiger partial charge in [0.1, 0.15) is 5.82 Å². The van der Waals surface area contributed by atoms with Gasteiger partial charge in [-0.05, 0) is 19.1 Å². The van der Waals surface area contributed by atoms with Crippen molar-refractivity contribution in [1.82, 2.24) is 0 Å². The number of carbonyl (C=O) groups excluding carboxylic acids is 1. The molecule has 0 aliphatic heterocycles. The Kier molecular flexibility index (Phi) is 5.18. The predicted molar refractivity (Wildman–Crippen MR) is 64.6 cm³/mol. The largest absolute Gasteiger partial charge is 0.466 e. The molecule has 0 aliphatic carbocycles. The Balaban J connectivity index is 2.92. The molecule has 0 radical (unpaired) electrons. The zero-order chi connectivity index (χ0) is 13.0. The molecule has 1 atom stereocenters. The van der Waals surface area contributed by atoms with Gasteiger partial charge in [-0.25, -0.2) is 4.39 Å². The molecule has 2 N–H and O–H groups in total. The molecule has 0 unspecified atom stereocenters. The second-order valence-corrected chi connectivity index (χ2v) is 4.16. The molecule has 0 saturated heterocycles. The second-order valence-electron chi connectivity index (χ2n) is 3.37. The van der Waals surface area contributed by atoms with Gasteiger partial charge in [0, 0.05) is 11.6 Å². The molecule has 0 aliphatic rings. The maximum atomic E-state index is 13.5. The number of nitrogens with two attached hydrogens (primary N) is 1. The van der Waals surface area contributed by atoms with Crippen LogP contribution in [0.15, 0.2) is 12.1 Å². The van der Waals surface area contributed by atoms with E-state index >= 15 is 0 Å². The monoisotopic (exact) mass is 279 g/mol. The highest BCUT2D eigenvalue weighted by Gasteiger charge is 2.20. The number of esters is 1. The first-order valence-corrected chi connectivity index (χ1v) is 5.77. The van der Waals surface area contributed by atoms with Crippen LogP contribution in [0.5, 0.6) is 0 Å². The number of benzene rings is 1. The summed E-state index contributed by atoms with van der Waals surface area (Å²) < 4.78 is 18.3. The van der Waals surface area contributed by atoms with Crippen molar-refractivity contribution in [2.75, 3.05) is 6.61 Å². The van der Waals surface area contributed by atoms with Gasteiger partial charge in [0.05, 0.1) is 23.1 Å². The summed E-state index contributed by atoms with van der Waals surface area (Å²) in [6.45, 7) is 1.92. The van der Waals surface area contributed by atoms with Crippen LogP contribution in [0.2, 0.25) is 10.0 Å². The number of rotatable bonds is 4. The Hall–Kier alpha value is -0.840. The van der Waals surface area contributed by atoms with Gasteiger partial charge in [0.2, 0.25) is 0 Å². The molecule has 1 rings (SSSR count). The Morgan fingerprint density at radius 3 is 2.76 bits per heavy atom. The van der Waals surface area contributed by atoms with E-state index in [4.69, 9.17) is 33.7 Å². The van der Waals surface area contributed by atoms with E-state index in [2.05, 4.69) is 0 Å². The fourth-order valence-corrected chi connectivity index (χ4v) is 1.84. The third-order valence-corrected chi connectivity index (χ3v) is 2.96. The van der Waals surface area contributed by atoms with E-state index in [1.165, 1.54) is 6.07 Å². The van der Waals surface area contributed by atoms with Crippen LogP contribution in [0.25, 0.3) is 0 Å². The Bertz CT molecular complexity index is 426. The van der Waals surface area contributed by atoms with E-state index in [0.29, 0.717) is 0 Å². The van der Waals surface area contributed by atoms with Crippen LogP contribution in [0.4, 0.5) is 4.39 Å². The SMILES string of the molecule is CCOC(=O)C[C@@H](N)c1c(F)ccc(Cl)c1Cl. The van der Waals surface area contributed by atoms with E-state index in [9.17, 15) is 9.18 Å². The van der Waals surface area contributed by atoms with Crippen LogP contribution in [0.1, 0.15) is 24.9 Å². The van der Waals surface area contributed by atoms with Crippen LogP contribution in [-0.2, 0) is 9.53 Å². The van der Waals surface area contributed by atoms with Crippen LogP contribution < -0.4 is 5.73 Å².